The highest BCUT2D eigenvalue weighted by Crippen LogP contribution is 2.33. The van der Waals surface area contributed by atoms with E-state index in [2.05, 4.69) is 33.9 Å². The molecule has 3 N–H and O–H groups in total. The van der Waals surface area contributed by atoms with Gasteiger partial charge in [-0.1, -0.05) is 28.1 Å². The van der Waals surface area contributed by atoms with E-state index in [9.17, 15) is 4.79 Å². The Kier molecular flexibility index (Phi) is 4.04. The Hall–Kier alpha value is -0.910. The van der Waals surface area contributed by atoms with Crippen LogP contribution in [0.4, 0.5) is 0 Å². The number of carboxylic acids is 1. The number of likely N-dealkylation sites (N-methyl/N-ethyl adjacent to an activating group) is 1. The van der Waals surface area contributed by atoms with Crippen LogP contribution >= 0.6 is 15.9 Å². The molecule has 0 saturated carbocycles. The van der Waals surface area contributed by atoms with Crippen molar-refractivity contribution in [2.24, 2.45) is 5.73 Å². The normalized spacial score (nSPS) is 18.4. The molecule has 0 radical (unpaired) electrons. The molecule has 1 aromatic carbocycles. The van der Waals surface area contributed by atoms with E-state index in [1.54, 1.807) is 0 Å². The Morgan fingerprint density at radius 3 is 2.78 bits per heavy atom. The molecule has 0 aromatic heterocycles. The number of hydrogen-bond donors (Lipinski definition) is 2. The summed E-state index contributed by atoms with van der Waals surface area (Å²) >= 11 is 3.56. The monoisotopic (exact) mass is 312 g/mol. The molecule has 1 atom stereocenters. The smallest absolute Gasteiger partial charge is 0.305 e. The van der Waals surface area contributed by atoms with Crippen molar-refractivity contribution in [3.63, 3.8) is 0 Å². The highest BCUT2D eigenvalue weighted by atomic mass is 79.9. The van der Waals surface area contributed by atoms with Crippen LogP contribution in [0.3, 0.4) is 0 Å². The largest absolute Gasteiger partial charge is 0.481 e. The van der Waals surface area contributed by atoms with Gasteiger partial charge >= 0.3 is 5.97 Å². The maximum Gasteiger partial charge on any atom is 0.305 e. The van der Waals surface area contributed by atoms with Crippen LogP contribution in [-0.4, -0.2) is 36.1 Å². The lowest BCUT2D eigenvalue weighted by Gasteiger charge is -2.37. The summed E-state index contributed by atoms with van der Waals surface area (Å²) in [5, 5.41) is 8.74. The first kappa shape index (κ1) is 13.5. The maximum absolute atomic E-state index is 10.6. The topological polar surface area (TPSA) is 66.6 Å². The summed E-state index contributed by atoms with van der Waals surface area (Å²) in [6, 6.07) is 5.49. The molecule has 1 aromatic rings. The summed E-state index contributed by atoms with van der Waals surface area (Å²) < 4.78 is 1.03. The number of rotatable bonds is 4. The molecule has 1 heterocycles. The van der Waals surface area contributed by atoms with Gasteiger partial charge < -0.3 is 15.7 Å². The van der Waals surface area contributed by atoms with Crippen molar-refractivity contribution >= 4 is 21.9 Å². The summed E-state index contributed by atoms with van der Waals surface area (Å²) in [7, 11) is 2.10. The Balaban J connectivity index is 2.12. The Bertz CT molecular complexity index is 458. The van der Waals surface area contributed by atoms with Crippen LogP contribution in [0.2, 0.25) is 0 Å². The lowest BCUT2D eigenvalue weighted by Crippen LogP contribution is -2.41. The first-order valence-corrected chi connectivity index (χ1v) is 6.72. The zero-order valence-electron chi connectivity index (χ0n) is 10.3. The molecule has 0 amide bonds. The second kappa shape index (κ2) is 5.38. The number of carbonyl (C=O) groups is 1. The first-order chi connectivity index (χ1) is 8.47. The van der Waals surface area contributed by atoms with Crippen LogP contribution in [0.5, 0.6) is 0 Å². The third kappa shape index (κ3) is 2.91. The van der Waals surface area contributed by atoms with E-state index in [4.69, 9.17) is 10.8 Å². The van der Waals surface area contributed by atoms with Crippen LogP contribution < -0.4 is 5.73 Å². The molecule has 18 heavy (non-hydrogen) atoms. The average molecular weight is 313 g/mol. The minimum absolute atomic E-state index is 0.0437. The number of halogens is 1. The van der Waals surface area contributed by atoms with Gasteiger partial charge in [0.1, 0.15) is 0 Å². The van der Waals surface area contributed by atoms with Crippen LogP contribution in [0, 0.1) is 0 Å². The van der Waals surface area contributed by atoms with Crippen LogP contribution in [0.25, 0.3) is 0 Å². The summed E-state index contributed by atoms with van der Waals surface area (Å²) in [6.45, 7) is 2.14. The van der Waals surface area contributed by atoms with Crippen molar-refractivity contribution in [1.29, 1.82) is 0 Å². The maximum atomic E-state index is 10.6. The van der Waals surface area contributed by atoms with Gasteiger partial charge in [-0.05, 0) is 24.2 Å². The fourth-order valence-corrected chi connectivity index (χ4v) is 3.03. The zero-order chi connectivity index (χ0) is 13.3. The standard InChI is InChI=1S/C13H17BrN2O2/c1-16-6-9(7-16)10-3-2-8(4-11(10)14)12(15)5-13(17)18/h2-4,9,12H,5-7,15H2,1H3,(H,17,18). The fraction of sp³-hybridized carbons (Fsp3) is 0.462. The van der Waals surface area contributed by atoms with Gasteiger partial charge in [0.2, 0.25) is 0 Å². The van der Waals surface area contributed by atoms with Gasteiger partial charge in [0.15, 0.2) is 0 Å². The third-order valence-corrected chi connectivity index (χ3v) is 4.04. The number of likely N-dealkylation sites (tertiary alicyclic amines) is 1. The number of carboxylic acid groups (broad SMARTS) is 1. The van der Waals surface area contributed by atoms with E-state index < -0.39 is 12.0 Å². The van der Waals surface area contributed by atoms with Crippen molar-refractivity contribution in [3.05, 3.63) is 33.8 Å². The van der Waals surface area contributed by atoms with E-state index >= 15 is 0 Å². The molecule has 0 aliphatic carbocycles. The number of hydrogen-bond acceptors (Lipinski definition) is 3. The predicted molar refractivity (Wildman–Crippen MR) is 73.6 cm³/mol. The third-order valence-electron chi connectivity index (χ3n) is 3.35. The molecular formula is C13H17BrN2O2. The average Bonchev–Trinajstić information content (AvgIpc) is 2.24. The fourth-order valence-electron chi connectivity index (χ4n) is 2.31. The molecule has 0 bridgehead atoms. The van der Waals surface area contributed by atoms with E-state index in [1.165, 1.54) is 5.56 Å². The molecule has 1 fully saturated rings. The lowest BCUT2D eigenvalue weighted by atomic mass is 9.90. The molecule has 4 nitrogen and oxygen atoms in total. The first-order valence-electron chi connectivity index (χ1n) is 5.92. The molecular weight excluding hydrogens is 296 g/mol. The van der Waals surface area contributed by atoms with Gasteiger partial charge in [-0.2, -0.15) is 0 Å². The highest BCUT2D eigenvalue weighted by Gasteiger charge is 2.26. The molecule has 1 saturated heterocycles. The number of aliphatic carboxylic acids is 1. The summed E-state index contributed by atoms with van der Waals surface area (Å²) in [5.41, 5.74) is 7.99. The molecule has 0 spiro atoms. The minimum Gasteiger partial charge on any atom is -0.481 e. The number of benzene rings is 1. The van der Waals surface area contributed by atoms with E-state index in [1.807, 2.05) is 12.1 Å². The number of nitrogens with zero attached hydrogens (tertiary/aromatic N) is 1. The minimum atomic E-state index is -0.872. The van der Waals surface area contributed by atoms with Crippen molar-refractivity contribution < 1.29 is 9.90 Å². The number of nitrogens with two attached hydrogens (primary N) is 1. The Labute approximate surface area is 115 Å². The van der Waals surface area contributed by atoms with Gasteiger partial charge in [-0.15, -0.1) is 0 Å². The van der Waals surface area contributed by atoms with Gasteiger partial charge in [0.05, 0.1) is 6.42 Å². The highest BCUT2D eigenvalue weighted by molar-refractivity contribution is 9.10. The summed E-state index contributed by atoms with van der Waals surface area (Å²) in [6.07, 6.45) is -0.0437. The van der Waals surface area contributed by atoms with Crippen molar-refractivity contribution in [3.8, 4) is 0 Å². The van der Waals surface area contributed by atoms with Gasteiger partial charge in [0.25, 0.3) is 0 Å². The summed E-state index contributed by atoms with van der Waals surface area (Å²) in [5.74, 6) is -0.308. The molecule has 2 rings (SSSR count). The van der Waals surface area contributed by atoms with Crippen molar-refractivity contribution in [2.75, 3.05) is 20.1 Å². The molecule has 1 unspecified atom stereocenters. The SMILES string of the molecule is CN1CC(c2ccc(C(N)CC(=O)O)cc2Br)C1. The van der Waals surface area contributed by atoms with Gasteiger partial charge in [-0.25, -0.2) is 0 Å². The Morgan fingerprint density at radius 1 is 1.61 bits per heavy atom. The van der Waals surface area contributed by atoms with E-state index in [0.717, 1.165) is 23.1 Å². The van der Waals surface area contributed by atoms with Crippen LogP contribution in [0.1, 0.15) is 29.5 Å². The van der Waals surface area contributed by atoms with Gasteiger partial charge in [0, 0.05) is 29.5 Å². The summed E-state index contributed by atoms with van der Waals surface area (Å²) in [4.78, 5) is 12.9. The zero-order valence-corrected chi connectivity index (χ0v) is 11.9. The van der Waals surface area contributed by atoms with Crippen molar-refractivity contribution in [1.82, 2.24) is 4.90 Å². The second-order valence-corrected chi connectivity index (χ2v) is 5.76. The molecule has 1 aliphatic heterocycles. The van der Waals surface area contributed by atoms with Gasteiger partial charge in [-0.3, -0.25) is 4.79 Å². The van der Waals surface area contributed by atoms with Crippen LogP contribution in [-0.2, 0) is 4.79 Å². The molecule has 98 valence electrons. The van der Waals surface area contributed by atoms with Crippen LogP contribution in [0.15, 0.2) is 22.7 Å². The van der Waals surface area contributed by atoms with E-state index in [-0.39, 0.29) is 6.42 Å². The predicted octanol–water partition coefficient (Wildman–Crippen LogP) is 1.95. The quantitative estimate of drug-likeness (QED) is 0.892. The van der Waals surface area contributed by atoms with E-state index in [0.29, 0.717) is 5.92 Å². The molecule has 1 aliphatic rings. The van der Waals surface area contributed by atoms with Crippen molar-refractivity contribution in [2.45, 2.75) is 18.4 Å². The lowest BCUT2D eigenvalue weighted by molar-refractivity contribution is -0.137. The second-order valence-electron chi connectivity index (χ2n) is 4.90. The Morgan fingerprint density at radius 2 is 2.28 bits per heavy atom. The molecule has 5 heteroatoms.